The minimum absolute atomic E-state index is 0.0765. The Morgan fingerprint density at radius 1 is 1.50 bits per heavy atom. The first-order chi connectivity index (χ1) is 8.51. The summed E-state index contributed by atoms with van der Waals surface area (Å²) in [4.78, 5) is 26.0. The zero-order chi connectivity index (χ0) is 13.7. The molecule has 0 bridgehead atoms. The molecule has 4 nitrogen and oxygen atoms in total. The monoisotopic (exact) mass is 247 g/mol. The number of aryl methyl sites for hydroxylation is 1. The van der Waals surface area contributed by atoms with Crippen molar-refractivity contribution >= 4 is 17.3 Å². The van der Waals surface area contributed by atoms with Crippen molar-refractivity contribution in [3.63, 3.8) is 0 Å². The van der Waals surface area contributed by atoms with Crippen molar-refractivity contribution in [2.75, 3.05) is 6.61 Å². The second kappa shape index (κ2) is 6.00. The molecule has 4 heteroatoms. The van der Waals surface area contributed by atoms with Gasteiger partial charge in [0.25, 0.3) is 0 Å². The molecule has 0 unspecified atom stereocenters. The quantitative estimate of drug-likeness (QED) is 0.494. The van der Waals surface area contributed by atoms with Gasteiger partial charge in [-0.15, -0.1) is 0 Å². The average Bonchev–Trinajstić information content (AvgIpc) is 2.68. The smallest absolute Gasteiger partial charge is 0.354 e. The highest BCUT2D eigenvalue weighted by Gasteiger charge is 2.16. The maximum atomic E-state index is 11.6. The van der Waals surface area contributed by atoms with Crippen molar-refractivity contribution in [3.8, 4) is 0 Å². The van der Waals surface area contributed by atoms with Crippen molar-refractivity contribution in [3.05, 3.63) is 41.7 Å². The number of aromatic nitrogens is 1. The SMILES string of the molecule is C=C/C=C(/C(C)=O)c1cc(C(=O)OCC)[nH]c1C. The lowest BCUT2D eigenvalue weighted by Crippen LogP contribution is -2.04. The Kier molecular flexibility index (Phi) is 4.66. The molecule has 0 radical (unpaired) electrons. The molecule has 1 heterocycles. The number of ether oxygens (including phenoxy) is 1. The van der Waals surface area contributed by atoms with Gasteiger partial charge in [0.1, 0.15) is 5.69 Å². The summed E-state index contributed by atoms with van der Waals surface area (Å²) < 4.78 is 4.90. The Morgan fingerprint density at radius 3 is 2.67 bits per heavy atom. The van der Waals surface area contributed by atoms with Crippen molar-refractivity contribution in [2.24, 2.45) is 0 Å². The second-order valence-corrected chi connectivity index (χ2v) is 3.81. The standard InChI is InChI=1S/C14H17NO3/c1-5-7-11(10(4)16)12-8-13(15-9(12)3)14(17)18-6-2/h5,7-8,15H,1,6H2,2-4H3/b11-7-. The Bertz CT molecular complexity index is 509. The summed E-state index contributed by atoms with van der Waals surface area (Å²) in [6.45, 7) is 8.92. The molecule has 0 fully saturated rings. The summed E-state index contributed by atoms with van der Waals surface area (Å²) in [5.74, 6) is -0.499. The summed E-state index contributed by atoms with van der Waals surface area (Å²) in [5, 5.41) is 0. The normalized spacial score (nSPS) is 11.2. The van der Waals surface area contributed by atoms with Crippen LogP contribution >= 0.6 is 0 Å². The molecule has 0 saturated carbocycles. The van der Waals surface area contributed by atoms with Crippen molar-refractivity contribution < 1.29 is 14.3 Å². The molecule has 1 aromatic rings. The van der Waals surface area contributed by atoms with Crippen LogP contribution in [0.25, 0.3) is 5.57 Å². The predicted molar refractivity (Wildman–Crippen MR) is 70.3 cm³/mol. The number of aromatic amines is 1. The lowest BCUT2D eigenvalue weighted by atomic mass is 10.0. The third-order valence-corrected chi connectivity index (χ3v) is 2.46. The third-order valence-electron chi connectivity index (χ3n) is 2.46. The van der Waals surface area contributed by atoms with Crippen molar-refractivity contribution in [1.82, 2.24) is 4.98 Å². The van der Waals surface area contributed by atoms with E-state index in [0.29, 0.717) is 23.4 Å². The van der Waals surface area contributed by atoms with E-state index in [0.717, 1.165) is 5.69 Å². The molecule has 18 heavy (non-hydrogen) atoms. The highest BCUT2D eigenvalue weighted by atomic mass is 16.5. The summed E-state index contributed by atoms with van der Waals surface area (Å²) >= 11 is 0. The van der Waals surface area contributed by atoms with Gasteiger partial charge in [-0.05, 0) is 26.8 Å². The molecular weight excluding hydrogens is 230 g/mol. The Hall–Kier alpha value is -2.10. The maximum absolute atomic E-state index is 11.6. The summed E-state index contributed by atoms with van der Waals surface area (Å²) in [6, 6.07) is 1.63. The van der Waals surface area contributed by atoms with Crippen molar-refractivity contribution in [2.45, 2.75) is 20.8 Å². The van der Waals surface area contributed by atoms with Gasteiger partial charge < -0.3 is 9.72 Å². The molecule has 0 aromatic carbocycles. The van der Waals surface area contributed by atoms with Gasteiger partial charge in [0.2, 0.25) is 0 Å². The Balaban J connectivity index is 3.18. The van der Waals surface area contributed by atoms with E-state index in [1.165, 1.54) is 6.92 Å². The van der Waals surface area contributed by atoms with E-state index in [2.05, 4.69) is 11.6 Å². The lowest BCUT2D eigenvalue weighted by molar-refractivity contribution is -0.111. The van der Waals surface area contributed by atoms with Gasteiger partial charge in [0.15, 0.2) is 5.78 Å². The van der Waals surface area contributed by atoms with E-state index in [4.69, 9.17) is 4.74 Å². The van der Waals surface area contributed by atoms with E-state index >= 15 is 0 Å². The Morgan fingerprint density at radius 2 is 2.17 bits per heavy atom. The largest absolute Gasteiger partial charge is 0.461 e. The number of H-pyrrole nitrogens is 1. The number of allylic oxidation sites excluding steroid dienone is 3. The molecule has 0 amide bonds. The van der Waals surface area contributed by atoms with Crippen molar-refractivity contribution in [1.29, 1.82) is 0 Å². The number of Topliss-reactive ketones (excluding diaryl/α,β-unsaturated/α-hetero) is 1. The summed E-state index contributed by atoms with van der Waals surface area (Å²) in [7, 11) is 0. The zero-order valence-corrected chi connectivity index (χ0v) is 10.9. The number of rotatable bonds is 5. The molecule has 0 aliphatic carbocycles. The topological polar surface area (TPSA) is 59.2 Å². The molecular formula is C14H17NO3. The van der Waals surface area contributed by atoms with Crippen LogP contribution in [0.1, 0.15) is 35.6 Å². The van der Waals surface area contributed by atoms with Gasteiger partial charge >= 0.3 is 5.97 Å². The minimum Gasteiger partial charge on any atom is -0.461 e. The van der Waals surface area contributed by atoms with E-state index in [1.54, 1.807) is 32.1 Å². The maximum Gasteiger partial charge on any atom is 0.354 e. The molecule has 1 N–H and O–H groups in total. The molecule has 0 aliphatic rings. The van der Waals surface area contributed by atoms with Crippen LogP contribution in [0.15, 0.2) is 24.8 Å². The van der Waals surface area contributed by atoms with Gasteiger partial charge in [0, 0.05) is 16.8 Å². The Labute approximate surface area is 106 Å². The van der Waals surface area contributed by atoms with Crippen LogP contribution in [0.5, 0.6) is 0 Å². The lowest BCUT2D eigenvalue weighted by Gasteiger charge is -2.00. The van der Waals surface area contributed by atoms with Gasteiger partial charge in [-0.3, -0.25) is 4.79 Å². The summed E-state index contributed by atoms with van der Waals surface area (Å²) in [5.41, 5.74) is 2.32. The fourth-order valence-electron chi connectivity index (χ4n) is 1.67. The van der Waals surface area contributed by atoms with Crippen LogP contribution in [-0.4, -0.2) is 23.3 Å². The van der Waals surface area contributed by atoms with E-state index in [1.807, 2.05) is 0 Å². The zero-order valence-electron chi connectivity index (χ0n) is 10.9. The number of carbonyl (C=O) groups is 2. The van der Waals surface area contributed by atoms with Crippen LogP contribution in [0, 0.1) is 6.92 Å². The number of carbonyl (C=O) groups excluding carboxylic acids is 2. The fraction of sp³-hybridized carbons (Fsp3) is 0.286. The van der Waals surface area contributed by atoms with Crippen LogP contribution in [-0.2, 0) is 9.53 Å². The molecule has 0 atom stereocenters. The van der Waals surface area contributed by atoms with E-state index in [-0.39, 0.29) is 5.78 Å². The number of hydrogen-bond acceptors (Lipinski definition) is 3. The van der Waals surface area contributed by atoms with Gasteiger partial charge in [-0.25, -0.2) is 4.79 Å². The third kappa shape index (κ3) is 2.97. The highest BCUT2D eigenvalue weighted by Crippen LogP contribution is 2.21. The number of ketones is 1. The summed E-state index contributed by atoms with van der Waals surface area (Å²) in [6.07, 6.45) is 3.18. The highest BCUT2D eigenvalue weighted by molar-refractivity contribution is 6.20. The van der Waals surface area contributed by atoms with E-state index in [9.17, 15) is 9.59 Å². The number of hydrogen-bond donors (Lipinski definition) is 1. The first-order valence-electron chi connectivity index (χ1n) is 5.72. The molecule has 0 aliphatic heterocycles. The van der Waals surface area contributed by atoms with Crippen LogP contribution < -0.4 is 0 Å². The molecule has 96 valence electrons. The fourth-order valence-corrected chi connectivity index (χ4v) is 1.67. The van der Waals surface area contributed by atoms with Gasteiger partial charge in [0.05, 0.1) is 6.61 Å². The molecule has 0 spiro atoms. The minimum atomic E-state index is -0.423. The average molecular weight is 247 g/mol. The molecule has 0 saturated heterocycles. The van der Waals surface area contributed by atoms with E-state index < -0.39 is 5.97 Å². The van der Waals surface area contributed by atoms with Crippen LogP contribution in [0.4, 0.5) is 0 Å². The molecule has 1 rings (SSSR count). The second-order valence-electron chi connectivity index (χ2n) is 3.81. The number of nitrogens with one attached hydrogen (secondary N) is 1. The van der Waals surface area contributed by atoms with Gasteiger partial charge in [-0.2, -0.15) is 0 Å². The van der Waals surface area contributed by atoms with Crippen LogP contribution in [0.3, 0.4) is 0 Å². The first-order valence-corrected chi connectivity index (χ1v) is 5.72. The van der Waals surface area contributed by atoms with Crippen LogP contribution in [0.2, 0.25) is 0 Å². The number of esters is 1. The molecule has 1 aromatic heterocycles. The first kappa shape index (κ1) is 14.0. The van der Waals surface area contributed by atoms with Gasteiger partial charge in [-0.1, -0.05) is 18.7 Å². The predicted octanol–water partition coefficient (Wildman–Crippen LogP) is 2.66.